The van der Waals surface area contributed by atoms with Gasteiger partial charge in [-0.2, -0.15) is 0 Å². The summed E-state index contributed by atoms with van der Waals surface area (Å²) in [5.41, 5.74) is 0. The average Bonchev–Trinajstić information content (AvgIpc) is 2.51. The SMILES string of the molecule is COC[C@@H](OC(C)=O)[C@H]1O[C@@H](O)[C@H](OC(C)=O)[C@@H](OC(C)=O)[C@@H]1OC(C)=O. The van der Waals surface area contributed by atoms with Crippen LogP contribution in [0.3, 0.4) is 0 Å². The molecule has 1 aliphatic heterocycles. The molecule has 1 aliphatic rings. The molecule has 11 nitrogen and oxygen atoms in total. The Kier molecular flexibility index (Phi) is 8.60. The highest BCUT2D eigenvalue weighted by Crippen LogP contribution is 2.30. The molecule has 0 aliphatic carbocycles. The van der Waals surface area contributed by atoms with Gasteiger partial charge < -0.3 is 33.5 Å². The molecule has 6 atom stereocenters. The number of esters is 4. The summed E-state index contributed by atoms with van der Waals surface area (Å²) in [7, 11) is 1.34. The Morgan fingerprint density at radius 2 is 1.33 bits per heavy atom. The molecule has 0 aromatic heterocycles. The molecule has 0 unspecified atom stereocenters. The van der Waals surface area contributed by atoms with Crippen LogP contribution < -0.4 is 0 Å². The average molecular weight is 392 g/mol. The molecular weight excluding hydrogens is 368 g/mol. The van der Waals surface area contributed by atoms with Gasteiger partial charge in [0.2, 0.25) is 0 Å². The number of hydrogen-bond donors (Lipinski definition) is 1. The third-order valence-electron chi connectivity index (χ3n) is 3.47. The zero-order chi connectivity index (χ0) is 20.7. The van der Waals surface area contributed by atoms with Crippen molar-refractivity contribution in [1.82, 2.24) is 0 Å². The van der Waals surface area contributed by atoms with Gasteiger partial charge in [0, 0.05) is 34.8 Å². The topological polar surface area (TPSA) is 144 Å². The van der Waals surface area contributed by atoms with Crippen molar-refractivity contribution in [3.63, 3.8) is 0 Å². The summed E-state index contributed by atoms with van der Waals surface area (Å²) in [6.07, 6.45) is -8.33. The van der Waals surface area contributed by atoms with Crippen LogP contribution in [0.15, 0.2) is 0 Å². The highest BCUT2D eigenvalue weighted by molar-refractivity contribution is 5.68. The predicted molar refractivity (Wildman–Crippen MR) is 85.0 cm³/mol. The van der Waals surface area contributed by atoms with Gasteiger partial charge in [0.15, 0.2) is 30.7 Å². The van der Waals surface area contributed by atoms with Gasteiger partial charge >= 0.3 is 23.9 Å². The highest BCUT2D eigenvalue weighted by Gasteiger charge is 2.54. The molecule has 0 aromatic rings. The predicted octanol–water partition coefficient (Wildman–Crippen LogP) is -0.923. The summed E-state index contributed by atoms with van der Waals surface area (Å²) in [6.45, 7) is 4.25. The first-order chi connectivity index (χ1) is 12.6. The van der Waals surface area contributed by atoms with E-state index in [2.05, 4.69) is 0 Å². The fourth-order valence-electron chi connectivity index (χ4n) is 2.69. The van der Waals surface area contributed by atoms with Crippen molar-refractivity contribution in [3.05, 3.63) is 0 Å². The van der Waals surface area contributed by atoms with Gasteiger partial charge in [-0.05, 0) is 0 Å². The molecule has 1 saturated heterocycles. The number of hydrogen-bond acceptors (Lipinski definition) is 11. The van der Waals surface area contributed by atoms with Crippen molar-refractivity contribution < 1.29 is 52.7 Å². The molecule has 27 heavy (non-hydrogen) atoms. The van der Waals surface area contributed by atoms with E-state index in [9.17, 15) is 24.3 Å². The fraction of sp³-hybridized carbons (Fsp3) is 0.750. The maximum atomic E-state index is 11.6. The smallest absolute Gasteiger partial charge is 0.303 e. The van der Waals surface area contributed by atoms with Gasteiger partial charge in [0.25, 0.3) is 0 Å². The summed E-state index contributed by atoms with van der Waals surface area (Å²) in [6, 6.07) is 0. The van der Waals surface area contributed by atoms with E-state index >= 15 is 0 Å². The second kappa shape index (κ2) is 10.2. The van der Waals surface area contributed by atoms with Crippen molar-refractivity contribution in [2.75, 3.05) is 13.7 Å². The standard InChI is InChI=1S/C16H24O11/c1-7(17)23-11(6-22-5)12-13(24-8(2)18)14(25-9(3)19)15(16(21)27-12)26-10(4)20/h11-16,21H,6H2,1-5H3/t11-,12-,13-,14+,15-,16-/m1/s1. The molecule has 0 amide bonds. The molecular formula is C16H24O11. The number of carbonyl (C=O) groups is 4. The van der Waals surface area contributed by atoms with E-state index in [0.29, 0.717) is 0 Å². The summed E-state index contributed by atoms with van der Waals surface area (Å²) >= 11 is 0. The normalized spacial score (nSPS) is 28.6. The second-order valence-electron chi connectivity index (χ2n) is 5.82. The maximum absolute atomic E-state index is 11.6. The Hall–Kier alpha value is -2.24. The first kappa shape index (κ1) is 22.8. The van der Waals surface area contributed by atoms with E-state index < -0.39 is 60.7 Å². The van der Waals surface area contributed by atoms with E-state index in [1.807, 2.05) is 0 Å². The van der Waals surface area contributed by atoms with Crippen LogP contribution >= 0.6 is 0 Å². The summed E-state index contributed by atoms with van der Waals surface area (Å²) < 4.78 is 30.8. The largest absolute Gasteiger partial charge is 0.457 e. The lowest BCUT2D eigenvalue weighted by atomic mass is 9.94. The third kappa shape index (κ3) is 6.77. The lowest BCUT2D eigenvalue weighted by Gasteiger charge is -2.44. The second-order valence-corrected chi connectivity index (χ2v) is 5.82. The highest BCUT2D eigenvalue weighted by atomic mass is 16.7. The molecule has 0 aromatic carbocycles. The number of carbonyl (C=O) groups excluding carboxylic acids is 4. The van der Waals surface area contributed by atoms with Gasteiger partial charge in [0.1, 0.15) is 6.10 Å². The van der Waals surface area contributed by atoms with Gasteiger partial charge in [0.05, 0.1) is 6.61 Å². The third-order valence-corrected chi connectivity index (χ3v) is 3.47. The molecule has 1 N–H and O–H groups in total. The number of ether oxygens (including phenoxy) is 6. The fourth-order valence-corrected chi connectivity index (χ4v) is 2.69. The molecule has 1 heterocycles. The molecule has 0 spiro atoms. The number of methoxy groups -OCH3 is 1. The Bertz CT molecular complexity index is 561. The number of aliphatic hydroxyl groups excluding tert-OH is 1. The summed E-state index contributed by atoms with van der Waals surface area (Å²) in [4.78, 5) is 45.8. The lowest BCUT2D eigenvalue weighted by molar-refractivity contribution is -0.306. The lowest BCUT2D eigenvalue weighted by Crippen LogP contribution is -2.64. The van der Waals surface area contributed by atoms with Gasteiger partial charge in [-0.1, -0.05) is 0 Å². The minimum absolute atomic E-state index is 0.167. The van der Waals surface area contributed by atoms with Gasteiger partial charge in [-0.3, -0.25) is 19.2 Å². The Balaban J connectivity index is 3.31. The first-order valence-corrected chi connectivity index (χ1v) is 8.08. The van der Waals surface area contributed by atoms with Crippen molar-refractivity contribution in [2.24, 2.45) is 0 Å². The van der Waals surface area contributed by atoms with Crippen LogP contribution in [0.5, 0.6) is 0 Å². The van der Waals surface area contributed by atoms with Crippen molar-refractivity contribution >= 4 is 23.9 Å². The van der Waals surface area contributed by atoms with Crippen LogP contribution in [0.2, 0.25) is 0 Å². The van der Waals surface area contributed by atoms with E-state index in [-0.39, 0.29) is 6.61 Å². The zero-order valence-corrected chi connectivity index (χ0v) is 15.7. The molecule has 0 bridgehead atoms. The van der Waals surface area contributed by atoms with Crippen molar-refractivity contribution in [2.45, 2.75) is 64.5 Å². The first-order valence-electron chi connectivity index (χ1n) is 8.08. The van der Waals surface area contributed by atoms with E-state index in [1.54, 1.807) is 0 Å². The molecule has 1 fully saturated rings. The van der Waals surface area contributed by atoms with Crippen molar-refractivity contribution in [1.29, 1.82) is 0 Å². The van der Waals surface area contributed by atoms with Crippen molar-refractivity contribution in [3.8, 4) is 0 Å². The van der Waals surface area contributed by atoms with E-state index in [1.165, 1.54) is 7.11 Å². The monoisotopic (exact) mass is 392 g/mol. The molecule has 0 radical (unpaired) electrons. The minimum atomic E-state index is -1.75. The molecule has 0 saturated carbocycles. The van der Waals surface area contributed by atoms with Gasteiger partial charge in [-0.25, -0.2) is 0 Å². The van der Waals surface area contributed by atoms with Crippen LogP contribution in [0, 0.1) is 0 Å². The quantitative estimate of drug-likeness (QED) is 0.424. The van der Waals surface area contributed by atoms with Gasteiger partial charge in [-0.15, -0.1) is 0 Å². The Morgan fingerprint density at radius 1 is 0.852 bits per heavy atom. The van der Waals surface area contributed by atoms with Crippen LogP contribution in [-0.4, -0.2) is 79.5 Å². The molecule has 154 valence electrons. The zero-order valence-electron chi connectivity index (χ0n) is 15.7. The van der Waals surface area contributed by atoms with E-state index in [4.69, 9.17) is 28.4 Å². The van der Waals surface area contributed by atoms with Crippen LogP contribution in [0.4, 0.5) is 0 Å². The summed E-state index contributed by atoms with van der Waals surface area (Å²) in [5, 5.41) is 10.3. The molecule has 1 rings (SSSR count). The van der Waals surface area contributed by atoms with E-state index in [0.717, 1.165) is 27.7 Å². The Labute approximate surface area is 155 Å². The molecule has 11 heteroatoms. The maximum Gasteiger partial charge on any atom is 0.303 e. The van der Waals surface area contributed by atoms with Crippen LogP contribution in [0.1, 0.15) is 27.7 Å². The number of aliphatic hydroxyl groups is 1. The number of rotatable bonds is 7. The summed E-state index contributed by atoms with van der Waals surface area (Å²) in [5.74, 6) is -3.00. The minimum Gasteiger partial charge on any atom is -0.457 e. The van der Waals surface area contributed by atoms with Crippen LogP contribution in [-0.2, 0) is 47.6 Å². The Morgan fingerprint density at radius 3 is 1.78 bits per heavy atom. The van der Waals surface area contributed by atoms with Crippen LogP contribution in [0.25, 0.3) is 0 Å².